The average molecular weight is 894 g/mol. The molecule has 1 atom stereocenters. The minimum absolute atomic E-state index is 0. The van der Waals surface area contributed by atoms with Crippen LogP contribution < -0.4 is 21.7 Å². The fourth-order valence-corrected chi connectivity index (χ4v) is 4.66. The van der Waals surface area contributed by atoms with Gasteiger partial charge in [-0.2, -0.15) is 0 Å². The Hall–Kier alpha value is 1.05. The van der Waals surface area contributed by atoms with E-state index >= 15 is 0 Å². The second-order valence-electron chi connectivity index (χ2n) is 8.35. The summed E-state index contributed by atoms with van der Waals surface area (Å²) < 4.78 is 0. The van der Waals surface area contributed by atoms with Crippen molar-refractivity contribution in [3.05, 3.63) is 64.5 Å². The number of nitrogens with zero attached hydrogens (tertiary/aromatic N) is 2. The van der Waals surface area contributed by atoms with Crippen LogP contribution in [0.2, 0.25) is 0 Å². The van der Waals surface area contributed by atoms with Gasteiger partial charge in [-0.3, -0.25) is 9.88 Å². The molecule has 4 bridgehead atoms. The molecule has 0 spiro atoms. The molecular weight excluding hydrogens is 852 g/mol. The minimum atomic E-state index is 0. The van der Waals surface area contributed by atoms with Crippen LogP contribution >= 0.6 is 102 Å². The number of hydrogen-bond acceptors (Lipinski definition) is 6. The second kappa shape index (κ2) is 22.8. The summed E-state index contributed by atoms with van der Waals surface area (Å²) in [5, 5.41) is 10.7. The first-order valence-corrected chi connectivity index (χ1v) is 11.5. The van der Waals surface area contributed by atoms with E-state index in [1.54, 1.807) is 0 Å². The average Bonchev–Trinajstić information content (AvgIpc) is 2.82. The Morgan fingerprint density at radius 1 is 0.750 bits per heavy atom. The molecule has 0 saturated carbocycles. The van der Waals surface area contributed by atoms with Crippen LogP contribution in [-0.4, -0.2) is 62.2 Å². The molecule has 5 rings (SSSR count). The molecule has 1 saturated heterocycles. The molecule has 6 nitrogen and oxygen atoms in total. The molecule has 1 fully saturated rings. The summed E-state index contributed by atoms with van der Waals surface area (Å²) >= 11 is 0. The van der Waals surface area contributed by atoms with E-state index in [-0.39, 0.29) is 108 Å². The summed E-state index contributed by atoms with van der Waals surface area (Å²) in [7, 11) is 0. The number of nitrogens with one attached hydrogen (secondary N) is 3. The summed E-state index contributed by atoms with van der Waals surface area (Å²) in [6, 6.07) is 11.4. The summed E-state index contributed by atoms with van der Waals surface area (Å²) in [5.41, 5.74) is 12.6. The molecular formula is C24H42Br6N6. The van der Waals surface area contributed by atoms with Crippen molar-refractivity contribution in [3.8, 4) is 0 Å². The Bertz CT molecular complexity index is 800. The van der Waals surface area contributed by atoms with Crippen molar-refractivity contribution >= 4 is 102 Å². The predicted octanol–water partition coefficient (Wildman–Crippen LogP) is 4.87. The van der Waals surface area contributed by atoms with Gasteiger partial charge >= 0.3 is 0 Å². The van der Waals surface area contributed by atoms with Crippen LogP contribution in [0, 0.1) is 0 Å². The van der Waals surface area contributed by atoms with Gasteiger partial charge < -0.3 is 21.7 Å². The fourth-order valence-electron chi connectivity index (χ4n) is 4.66. The molecule has 1 unspecified atom stereocenters. The molecule has 12 heteroatoms. The molecule has 3 aliphatic rings. The second-order valence-corrected chi connectivity index (χ2v) is 8.35. The highest BCUT2D eigenvalue weighted by Crippen LogP contribution is 2.33. The minimum Gasteiger partial charge on any atom is -0.326 e. The monoisotopic (exact) mass is 888 g/mol. The predicted molar refractivity (Wildman–Crippen MR) is 185 cm³/mol. The van der Waals surface area contributed by atoms with Crippen molar-refractivity contribution in [2.45, 2.75) is 31.8 Å². The van der Waals surface area contributed by atoms with E-state index in [0.717, 1.165) is 77.3 Å². The van der Waals surface area contributed by atoms with E-state index in [4.69, 9.17) is 10.7 Å². The zero-order chi connectivity index (χ0) is 20.6. The first-order chi connectivity index (χ1) is 14.9. The molecule has 2 heterocycles. The highest BCUT2D eigenvalue weighted by molar-refractivity contribution is 8.93. The Labute approximate surface area is 279 Å². The zero-order valence-corrected chi connectivity index (χ0v) is 30.7. The topological polar surface area (TPSA) is 78.2 Å². The molecule has 210 valence electrons. The first kappa shape index (κ1) is 41.5. The number of pyridine rings is 1. The third kappa shape index (κ3) is 11.7. The van der Waals surface area contributed by atoms with Gasteiger partial charge in [-0.25, -0.2) is 0 Å². The largest absolute Gasteiger partial charge is 0.326 e. The molecule has 2 aliphatic carbocycles. The van der Waals surface area contributed by atoms with Crippen molar-refractivity contribution in [2.75, 3.05) is 52.4 Å². The fraction of sp³-hybridized carbons (Fsp3) is 0.542. The summed E-state index contributed by atoms with van der Waals surface area (Å²) in [6.45, 7) is 8.78. The van der Waals surface area contributed by atoms with Gasteiger partial charge in [0.05, 0.1) is 11.7 Å². The highest BCUT2D eigenvalue weighted by Gasteiger charge is 2.27. The van der Waals surface area contributed by atoms with E-state index in [9.17, 15) is 0 Å². The summed E-state index contributed by atoms with van der Waals surface area (Å²) in [4.78, 5) is 7.49. The lowest BCUT2D eigenvalue weighted by Gasteiger charge is -2.33. The van der Waals surface area contributed by atoms with Gasteiger partial charge in [0.15, 0.2) is 0 Å². The van der Waals surface area contributed by atoms with Gasteiger partial charge in [0, 0.05) is 45.5 Å². The number of nitrogens with two attached hydrogens (primary N) is 1. The van der Waals surface area contributed by atoms with Gasteiger partial charge in [-0.05, 0) is 67.2 Å². The van der Waals surface area contributed by atoms with Gasteiger partial charge in [-0.15, -0.1) is 102 Å². The highest BCUT2D eigenvalue weighted by atomic mass is 79.9. The van der Waals surface area contributed by atoms with E-state index in [1.165, 1.54) is 22.3 Å². The molecule has 1 aromatic heterocycles. The number of rotatable bonds is 2. The maximum Gasteiger partial charge on any atom is 0.0780 e. The number of hydrogen-bond donors (Lipinski definition) is 4. The number of benzene rings is 1. The Morgan fingerprint density at radius 3 is 2.00 bits per heavy atom. The van der Waals surface area contributed by atoms with Crippen LogP contribution in [0.15, 0.2) is 36.5 Å². The Kier molecular flexibility index (Phi) is 26.3. The van der Waals surface area contributed by atoms with Gasteiger partial charge in [0.2, 0.25) is 0 Å². The van der Waals surface area contributed by atoms with Crippen molar-refractivity contribution in [1.29, 1.82) is 0 Å². The smallest absolute Gasteiger partial charge is 0.0780 e. The van der Waals surface area contributed by atoms with Crippen molar-refractivity contribution < 1.29 is 0 Å². The van der Waals surface area contributed by atoms with E-state index in [2.05, 4.69) is 51.2 Å². The van der Waals surface area contributed by atoms with E-state index < -0.39 is 0 Å². The van der Waals surface area contributed by atoms with Crippen molar-refractivity contribution in [2.24, 2.45) is 5.73 Å². The SMILES string of the molecule is Br.Br.Br.Br.Br.Br.NCc1c2ccnc1C(N1CCCNCCNCCCNCC1)c1ccc(cc1)C2. The van der Waals surface area contributed by atoms with Gasteiger partial charge in [0.1, 0.15) is 0 Å². The van der Waals surface area contributed by atoms with E-state index in [1.807, 2.05) is 6.20 Å². The van der Waals surface area contributed by atoms with Gasteiger partial charge in [0.25, 0.3) is 0 Å². The van der Waals surface area contributed by atoms with Crippen molar-refractivity contribution in [1.82, 2.24) is 25.8 Å². The standard InChI is InChI=1S/C24H36N6.6BrH/c25-18-22-21-7-11-29-23(22)24(20-5-3-19(17-21)4-6-20)30-15-2-10-27-13-12-26-8-1-9-28-14-16-30;;;;;;/h3-7,11,24,26-28H,1-2,8-10,12-18,25H2;6*1H. The maximum atomic E-state index is 6.26. The van der Waals surface area contributed by atoms with Crippen LogP contribution in [0.5, 0.6) is 0 Å². The van der Waals surface area contributed by atoms with Crippen LogP contribution in [0.25, 0.3) is 0 Å². The molecule has 1 aromatic carbocycles. The molecule has 0 radical (unpaired) electrons. The molecule has 2 aromatic rings. The number of fused-ring (bicyclic) bond motifs is 2. The van der Waals surface area contributed by atoms with Crippen molar-refractivity contribution in [3.63, 3.8) is 0 Å². The lowest BCUT2D eigenvalue weighted by Crippen LogP contribution is -2.39. The van der Waals surface area contributed by atoms with Crippen LogP contribution in [0.1, 0.15) is 46.8 Å². The third-order valence-corrected chi connectivity index (χ3v) is 6.26. The van der Waals surface area contributed by atoms with Crippen LogP contribution in [-0.2, 0) is 13.0 Å². The lowest BCUT2D eigenvalue weighted by molar-refractivity contribution is 0.217. The Balaban J connectivity index is -0.00000181. The zero-order valence-electron chi connectivity index (χ0n) is 20.4. The molecule has 36 heavy (non-hydrogen) atoms. The number of aromatic nitrogens is 1. The van der Waals surface area contributed by atoms with Crippen LogP contribution in [0.3, 0.4) is 0 Å². The summed E-state index contributed by atoms with van der Waals surface area (Å²) in [6.07, 6.45) is 5.17. The quantitative estimate of drug-likeness (QED) is 0.346. The normalized spacial score (nSPS) is 18.3. The lowest BCUT2D eigenvalue weighted by atomic mass is 9.96. The number of halogens is 6. The van der Waals surface area contributed by atoms with E-state index in [0.29, 0.717) is 6.54 Å². The maximum absolute atomic E-state index is 6.26. The third-order valence-electron chi connectivity index (χ3n) is 6.26. The summed E-state index contributed by atoms with van der Waals surface area (Å²) in [5.74, 6) is 0. The molecule has 0 amide bonds. The van der Waals surface area contributed by atoms with Gasteiger partial charge in [-0.1, -0.05) is 24.3 Å². The van der Waals surface area contributed by atoms with Crippen LogP contribution in [0.4, 0.5) is 0 Å². The Morgan fingerprint density at radius 2 is 1.36 bits per heavy atom. The molecule has 5 N–H and O–H groups in total. The molecule has 1 aliphatic heterocycles. The first-order valence-electron chi connectivity index (χ1n) is 11.5.